The minimum atomic E-state index is 0.438. The maximum atomic E-state index is 5.85. The van der Waals surface area contributed by atoms with Gasteiger partial charge in [0, 0.05) is 40.2 Å². The van der Waals surface area contributed by atoms with E-state index in [1.54, 1.807) is 17.5 Å². The Kier molecular flexibility index (Phi) is 3.35. The molecule has 1 aromatic carbocycles. The summed E-state index contributed by atoms with van der Waals surface area (Å²) in [6.45, 7) is 3.11. The number of aryl methyl sites for hydroxylation is 1. The van der Waals surface area contributed by atoms with E-state index in [0.29, 0.717) is 5.82 Å². The molecular formula is C18H16N4S. The van der Waals surface area contributed by atoms with Crippen molar-refractivity contribution in [3.05, 3.63) is 53.5 Å². The number of rotatable bonds is 3. The Morgan fingerprint density at radius 1 is 1.13 bits per heavy atom. The SMILES string of the molecule is CCn1ccc2cc(-c3ncc(N)nc3-c3ccsc3)ccc21. The summed E-state index contributed by atoms with van der Waals surface area (Å²) in [5, 5.41) is 5.31. The summed E-state index contributed by atoms with van der Waals surface area (Å²) in [5.74, 6) is 0.438. The predicted octanol–water partition coefficient (Wildman–Crippen LogP) is 4.43. The Labute approximate surface area is 138 Å². The maximum Gasteiger partial charge on any atom is 0.142 e. The summed E-state index contributed by atoms with van der Waals surface area (Å²) in [7, 11) is 0. The first-order chi connectivity index (χ1) is 11.3. The van der Waals surface area contributed by atoms with Crippen LogP contribution in [0.25, 0.3) is 33.4 Å². The lowest BCUT2D eigenvalue weighted by atomic mass is 10.0. The van der Waals surface area contributed by atoms with Gasteiger partial charge < -0.3 is 10.3 Å². The number of hydrogen-bond acceptors (Lipinski definition) is 4. The molecule has 2 N–H and O–H groups in total. The molecule has 114 valence electrons. The van der Waals surface area contributed by atoms with Crippen molar-refractivity contribution in [3.8, 4) is 22.5 Å². The van der Waals surface area contributed by atoms with E-state index in [1.165, 1.54) is 10.9 Å². The van der Waals surface area contributed by atoms with Crippen molar-refractivity contribution in [2.24, 2.45) is 0 Å². The molecular weight excluding hydrogens is 304 g/mol. The highest BCUT2D eigenvalue weighted by Crippen LogP contribution is 2.32. The quantitative estimate of drug-likeness (QED) is 0.607. The average Bonchev–Trinajstić information content (AvgIpc) is 3.23. The van der Waals surface area contributed by atoms with Crippen molar-refractivity contribution in [1.29, 1.82) is 0 Å². The first-order valence-electron chi connectivity index (χ1n) is 7.50. The van der Waals surface area contributed by atoms with Crippen LogP contribution in [0.2, 0.25) is 0 Å². The molecule has 3 heterocycles. The second-order valence-electron chi connectivity index (χ2n) is 5.38. The number of nitrogens with zero attached hydrogens (tertiary/aromatic N) is 3. The zero-order valence-corrected chi connectivity index (χ0v) is 13.5. The summed E-state index contributed by atoms with van der Waals surface area (Å²) in [4.78, 5) is 9.06. The van der Waals surface area contributed by atoms with Gasteiger partial charge in [0.05, 0.1) is 17.6 Å². The molecule has 0 radical (unpaired) electrons. The fourth-order valence-corrected chi connectivity index (χ4v) is 3.48. The Bertz CT molecular complexity index is 970. The van der Waals surface area contributed by atoms with Crippen LogP contribution in [0.4, 0.5) is 5.82 Å². The topological polar surface area (TPSA) is 56.7 Å². The van der Waals surface area contributed by atoms with Crippen LogP contribution in [-0.2, 0) is 6.54 Å². The summed E-state index contributed by atoms with van der Waals surface area (Å²) in [6.07, 6.45) is 3.73. The second kappa shape index (κ2) is 5.52. The number of thiophene rings is 1. The number of benzene rings is 1. The number of nitrogen functional groups attached to an aromatic ring is 1. The van der Waals surface area contributed by atoms with Crippen molar-refractivity contribution < 1.29 is 0 Å². The van der Waals surface area contributed by atoms with Gasteiger partial charge in [-0.05, 0) is 36.6 Å². The molecule has 0 bridgehead atoms. The second-order valence-corrected chi connectivity index (χ2v) is 6.16. The molecule has 3 aromatic heterocycles. The van der Waals surface area contributed by atoms with E-state index in [-0.39, 0.29) is 0 Å². The van der Waals surface area contributed by atoms with Gasteiger partial charge in [0.1, 0.15) is 5.82 Å². The fourth-order valence-electron chi connectivity index (χ4n) is 2.84. The van der Waals surface area contributed by atoms with E-state index in [4.69, 9.17) is 5.73 Å². The number of hydrogen-bond donors (Lipinski definition) is 1. The Hall–Kier alpha value is -2.66. The van der Waals surface area contributed by atoms with Gasteiger partial charge in [-0.1, -0.05) is 6.07 Å². The summed E-state index contributed by atoms with van der Waals surface area (Å²) >= 11 is 1.64. The van der Waals surface area contributed by atoms with Crippen LogP contribution in [0.1, 0.15) is 6.92 Å². The van der Waals surface area contributed by atoms with Gasteiger partial charge in [-0.2, -0.15) is 11.3 Å². The smallest absolute Gasteiger partial charge is 0.142 e. The molecule has 0 fully saturated rings. The van der Waals surface area contributed by atoms with Crippen LogP contribution < -0.4 is 5.73 Å². The molecule has 0 amide bonds. The number of anilines is 1. The third-order valence-electron chi connectivity index (χ3n) is 3.97. The summed E-state index contributed by atoms with van der Waals surface area (Å²) < 4.78 is 2.23. The monoisotopic (exact) mass is 320 g/mol. The Balaban J connectivity index is 1.91. The lowest BCUT2D eigenvalue weighted by molar-refractivity contribution is 0.798. The van der Waals surface area contributed by atoms with E-state index >= 15 is 0 Å². The third kappa shape index (κ3) is 2.39. The Morgan fingerprint density at radius 2 is 2.04 bits per heavy atom. The molecule has 0 aliphatic rings. The zero-order valence-electron chi connectivity index (χ0n) is 12.7. The normalized spacial score (nSPS) is 11.2. The molecule has 4 rings (SSSR count). The highest BCUT2D eigenvalue weighted by molar-refractivity contribution is 7.08. The van der Waals surface area contributed by atoms with Gasteiger partial charge in [-0.3, -0.25) is 4.98 Å². The minimum Gasteiger partial charge on any atom is -0.382 e. The maximum absolute atomic E-state index is 5.85. The molecule has 0 atom stereocenters. The summed E-state index contributed by atoms with van der Waals surface area (Å²) in [6, 6.07) is 10.6. The van der Waals surface area contributed by atoms with E-state index in [2.05, 4.69) is 57.3 Å². The van der Waals surface area contributed by atoms with Crippen molar-refractivity contribution >= 4 is 28.1 Å². The van der Waals surface area contributed by atoms with Crippen LogP contribution in [0.15, 0.2) is 53.5 Å². The number of fused-ring (bicyclic) bond motifs is 1. The van der Waals surface area contributed by atoms with Crippen LogP contribution in [0, 0.1) is 0 Å². The molecule has 0 aliphatic heterocycles. The molecule has 23 heavy (non-hydrogen) atoms. The fraction of sp³-hybridized carbons (Fsp3) is 0.111. The van der Waals surface area contributed by atoms with E-state index in [1.807, 2.05) is 11.4 Å². The van der Waals surface area contributed by atoms with E-state index in [9.17, 15) is 0 Å². The summed E-state index contributed by atoms with van der Waals surface area (Å²) in [5.41, 5.74) is 10.9. The molecule has 0 spiro atoms. The average molecular weight is 320 g/mol. The van der Waals surface area contributed by atoms with Gasteiger partial charge in [0.25, 0.3) is 0 Å². The highest BCUT2D eigenvalue weighted by Gasteiger charge is 2.13. The molecule has 0 saturated carbocycles. The van der Waals surface area contributed by atoms with E-state index in [0.717, 1.165) is 29.1 Å². The molecule has 0 unspecified atom stereocenters. The van der Waals surface area contributed by atoms with Crippen LogP contribution >= 0.6 is 11.3 Å². The van der Waals surface area contributed by atoms with Gasteiger partial charge >= 0.3 is 0 Å². The largest absolute Gasteiger partial charge is 0.382 e. The van der Waals surface area contributed by atoms with Crippen molar-refractivity contribution in [2.75, 3.05) is 5.73 Å². The van der Waals surface area contributed by atoms with Gasteiger partial charge in [-0.15, -0.1) is 0 Å². The molecule has 4 nitrogen and oxygen atoms in total. The lowest BCUT2D eigenvalue weighted by Gasteiger charge is -2.08. The van der Waals surface area contributed by atoms with Gasteiger partial charge in [0.15, 0.2) is 0 Å². The molecule has 0 saturated heterocycles. The van der Waals surface area contributed by atoms with Crippen molar-refractivity contribution in [3.63, 3.8) is 0 Å². The van der Waals surface area contributed by atoms with E-state index < -0.39 is 0 Å². The highest BCUT2D eigenvalue weighted by atomic mass is 32.1. The lowest BCUT2D eigenvalue weighted by Crippen LogP contribution is -1.97. The first kappa shape index (κ1) is 14.0. The molecule has 4 aromatic rings. The number of nitrogens with two attached hydrogens (primary N) is 1. The molecule has 0 aliphatic carbocycles. The van der Waals surface area contributed by atoms with Crippen molar-refractivity contribution in [1.82, 2.24) is 14.5 Å². The third-order valence-corrected chi connectivity index (χ3v) is 4.65. The van der Waals surface area contributed by atoms with Crippen LogP contribution in [-0.4, -0.2) is 14.5 Å². The van der Waals surface area contributed by atoms with Gasteiger partial charge in [0.2, 0.25) is 0 Å². The zero-order chi connectivity index (χ0) is 15.8. The Morgan fingerprint density at radius 3 is 2.83 bits per heavy atom. The number of aromatic nitrogens is 3. The van der Waals surface area contributed by atoms with Crippen LogP contribution in [0.5, 0.6) is 0 Å². The van der Waals surface area contributed by atoms with Crippen molar-refractivity contribution in [2.45, 2.75) is 13.5 Å². The standard InChI is InChI=1S/C18H16N4S/c1-2-22-7-5-12-9-13(3-4-15(12)22)17-18(14-6-8-23-11-14)21-16(19)10-20-17/h3-11H,2H2,1H3,(H2,19,21). The minimum absolute atomic E-state index is 0.438. The predicted molar refractivity (Wildman–Crippen MR) is 96.4 cm³/mol. The molecule has 5 heteroatoms. The van der Waals surface area contributed by atoms with Crippen LogP contribution in [0.3, 0.4) is 0 Å². The first-order valence-corrected chi connectivity index (χ1v) is 8.45. The van der Waals surface area contributed by atoms with Gasteiger partial charge in [-0.25, -0.2) is 4.98 Å².